The van der Waals surface area contributed by atoms with E-state index < -0.39 is 0 Å². The van der Waals surface area contributed by atoms with Crippen molar-refractivity contribution >= 4 is 17.4 Å². The first kappa shape index (κ1) is 15.5. The lowest BCUT2D eigenvalue weighted by atomic mass is 10.1. The Kier molecular flexibility index (Phi) is 4.99. The second-order valence-electron chi connectivity index (χ2n) is 6.07. The highest BCUT2D eigenvalue weighted by molar-refractivity contribution is 5.95. The summed E-state index contributed by atoms with van der Waals surface area (Å²) in [6.45, 7) is 8.90. The van der Waals surface area contributed by atoms with Gasteiger partial charge in [-0.05, 0) is 25.0 Å². The molecule has 0 N–H and O–H groups in total. The van der Waals surface area contributed by atoms with Crippen LogP contribution in [0.1, 0.15) is 37.6 Å². The summed E-state index contributed by atoms with van der Waals surface area (Å²) in [6.07, 6.45) is 0.625. The number of nitrogens with zero attached hydrogens (tertiary/aromatic N) is 2. The van der Waals surface area contributed by atoms with Gasteiger partial charge in [0.1, 0.15) is 0 Å². The van der Waals surface area contributed by atoms with Crippen LogP contribution >= 0.6 is 0 Å². The number of piperazine rings is 1. The van der Waals surface area contributed by atoms with Crippen LogP contribution in [0.5, 0.6) is 0 Å². The first-order chi connectivity index (χ1) is 9.97. The second kappa shape index (κ2) is 6.74. The highest BCUT2D eigenvalue weighted by atomic mass is 16.2. The molecular formula is C17H24N2O2. The van der Waals surface area contributed by atoms with Gasteiger partial charge in [-0.15, -0.1) is 0 Å². The minimum absolute atomic E-state index is 0.0857. The van der Waals surface area contributed by atoms with E-state index in [0.717, 1.165) is 37.4 Å². The van der Waals surface area contributed by atoms with E-state index in [9.17, 15) is 9.59 Å². The van der Waals surface area contributed by atoms with E-state index in [1.54, 1.807) is 6.92 Å². The number of Topliss-reactive ketones (excluding diaryl/α,β-unsaturated/α-hetero) is 1. The molecule has 1 aliphatic heterocycles. The molecule has 0 radical (unpaired) electrons. The van der Waals surface area contributed by atoms with Crippen molar-refractivity contribution in [3.63, 3.8) is 0 Å². The Morgan fingerprint density at radius 2 is 1.81 bits per heavy atom. The predicted molar refractivity (Wildman–Crippen MR) is 84.7 cm³/mol. The Morgan fingerprint density at radius 1 is 1.14 bits per heavy atom. The molecule has 0 aromatic heterocycles. The van der Waals surface area contributed by atoms with Crippen molar-refractivity contribution in [3.05, 3.63) is 29.8 Å². The van der Waals surface area contributed by atoms with E-state index >= 15 is 0 Å². The van der Waals surface area contributed by atoms with Crippen molar-refractivity contribution in [3.8, 4) is 0 Å². The average molecular weight is 288 g/mol. The molecule has 2 rings (SSSR count). The lowest BCUT2D eigenvalue weighted by Crippen LogP contribution is -2.49. The topological polar surface area (TPSA) is 40.6 Å². The van der Waals surface area contributed by atoms with Gasteiger partial charge in [0.05, 0.1) is 0 Å². The fourth-order valence-corrected chi connectivity index (χ4v) is 2.61. The zero-order valence-electron chi connectivity index (χ0n) is 13.1. The molecule has 0 spiro atoms. The van der Waals surface area contributed by atoms with Gasteiger partial charge >= 0.3 is 0 Å². The van der Waals surface area contributed by atoms with Crippen LogP contribution in [0.2, 0.25) is 0 Å². The predicted octanol–water partition coefficient (Wildman–Crippen LogP) is 2.58. The summed E-state index contributed by atoms with van der Waals surface area (Å²) < 4.78 is 0. The van der Waals surface area contributed by atoms with Gasteiger partial charge in [-0.25, -0.2) is 0 Å². The van der Waals surface area contributed by atoms with Crippen molar-refractivity contribution < 1.29 is 9.59 Å². The Balaban J connectivity index is 1.96. The maximum Gasteiger partial charge on any atom is 0.222 e. The molecule has 1 aromatic rings. The number of carbonyl (C=O) groups excluding carboxylic acids is 2. The number of anilines is 1. The lowest BCUT2D eigenvalue weighted by Gasteiger charge is -2.36. The third-order valence-corrected chi connectivity index (χ3v) is 3.83. The molecule has 4 nitrogen and oxygen atoms in total. The van der Waals surface area contributed by atoms with Crippen molar-refractivity contribution in [2.75, 3.05) is 31.1 Å². The molecule has 1 amide bonds. The standard InChI is InChI=1S/C17H24N2O2/c1-13(2)11-17(21)19-9-7-18(8-10-19)16-6-4-5-15(12-16)14(3)20/h4-6,12-13H,7-11H2,1-3H3. The summed E-state index contributed by atoms with van der Waals surface area (Å²) in [5, 5.41) is 0. The van der Waals surface area contributed by atoms with Crippen molar-refractivity contribution in [2.45, 2.75) is 27.2 Å². The van der Waals surface area contributed by atoms with Crippen LogP contribution < -0.4 is 4.90 Å². The normalized spacial score (nSPS) is 15.4. The third-order valence-electron chi connectivity index (χ3n) is 3.83. The van der Waals surface area contributed by atoms with E-state index in [-0.39, 0.29) is 11.7 Å². The third kappa shape index (κ3) is 4.06. The molecule has 21 heavy (non-hydrogen) atoms. The van der Waals surface area contributed by atoms with Crippen LogP contribution in [-0.4, -0.2) is 42.8 Å². The maximum atomic E-state index is 12.1. The van der Waals surface area contributed by atoms with Crippen LogP contribution in [0, 0.1) is 5.92 Å². The van der Waals surface area contributed by atoms with Crippen LogP contribution in [-0.2, 0) is 4.79 Å². The van der Waals surface area contributed by atoms with Crippen LogP contribution in [0.15, 0.2) is 24.3 Å². The lowest BCUT2D eigenvalue weighted by molar-refractivity contribution is -0.132. The van der Waals surface area contributed by atoms with Crippen molar-refractivity contribution in [1.29, 1.82) is 0 Å². The van der Waals surface area contributed by atoms with Gasteiger partial charge in [0.15, 0.2) is 5.78 Å². The smallest absolute Gasteiger partial charge is 0.222 e. The summed E-state index contributed by atoms with van der Waals surface area (Å²) in [5.74, 6) is 0.743. The van der Waals surface area contributed by atoms with Gasteiger partial charge in [0.25, 0.3) is 0 Å². The molecular weight excluding hydrogens is 264 g/mol. The molecule has 114 valence electrons. The molecule has 1 heterocycles. The molecule has 1 fully saturated rings. The number of amides is 1. The van der Waals surface area contributed by atoms with E-state index in [1.165, 1.54) is 0 Å². The zero-order valence-corrected chi connectivity index (χ0v) is 13.1. The van der Waals surface area contributed by atoms with Gasteiger partial charge in [0, 0.05) is 43.9 Å². The molecule has 1 saturated heterocycles. The molecule has 0 atom stereocenters. The van der Waals surface area contributed by atoms with Crippen LogP contribution in [0.4, 0.5) is 5.69 Å². The summed E-state index contributed by atoms with van der Waals surface area (Å²) in [5.41, 5.74) is 1.81. The SMILES string of the molecule is CC(=O)c1cccc(N2CCN(C(=O)CC(C)C)CC2)c1. The average Bonchev–Trinajstić information content (AvgIpc) is 2.47. The Morgan fingerprint density at radius 3 is 2.38 bits per heavy atom. The fraction of sp³-hybridized carbons (Fsp3) is 0.529. The molecule has 0 saturated carbocycles. The highest BCUT2D eigenvalue weighted by Gasteiger charge is 2.21. The summed E-state index contributed by atoms with van der Waals surface area (Å²) in [4.78, 5) is 27.7. The van der Waals surface area contributed by atoms with Crippen molar-refractivity contribution in [1.82, 2.24) is 4.90 Å². The molecule has 0 unspecified atom stereocenters. The molecule has 1 aliphatic rings. The zero-order chi connectivity index (χ0) is 15.4. The van der Waals surface area contributed by atoms with Crippen LogP contribution in [0.3, 0.4) is 0 Å². The summed E-state index contributed by atoms with van der Waals surface area (Å²) in [7, 11) is 0. The number of benzene rings is 1. The van der Waals surface area contributed by atoms with Crippen molar-refractivity contribution in [2.24, 2.45) is 5.92 Å². The Hall–Kier alpha value is -1.84. The Bertz CT molecular complexity index is 517. The molecule has 0 aliphatic carbocycles. The maximum absolute atomic E-state index is 12.1. The number of rotatable bonds is 4. The fourth-order valence-electron chi connectivity index (χ4n) is 2.61. The number of ketones is 1. The number of hydrogen-bond donors (Lipinski definition) is 0. The highest BCUT2D eigenvalue weighted by Crippen LogP contribution is 2.19. The molecule has 4 heteroatoms. The number of carbonyl (C=O) groups is 2. The quantitative estimate of drug-likeness (QED) is 0.800. The second-order valence-corrected chi connectivity index (χ2v) is 6.07. The molecule has 1 aromatic carbocycles. The van der Waals surface area contributed by atoms with Gasteiger partial charge in [0.2, 0.25) is 5.91 Å². The van der Waals surface area contributed by atoms with E-state index in [4.69, 9.17) is 0 Å². The molecule has 0 bridgehead atoms. The van der Waals surface area contributed by atoms with Crippen LogP contribution in [0.25, 0.3) is 0 Å². The number of hydrogen-bond acceptors (Lipinski definition) is 3. The van der Waals surface area contributed by atoms with Gasteiger partial charge in [-0.2, -0.15) is 0 Å². The van der Waals surface area contributed by atoms with E-state index in [0.29, 0.717) is 12.3 Å². The summed E-state index contributed by atoms with van der Waals surface area (Å²) in [6, 6.07) is 7.72. The minimum Gasteiger partial charge on any atom is -0.368 e. The van der Waals surface area contributed by atoms with E-state index in [1.807, 2.05) is 29.2 Å². The summed E-state index contributed by atoms with van der Waals surface area (Å²) >= 11 is 0. The van der Waals surface area contributed by atoms with Gasteiger partial charge in [-0.1, -0.05) is 26.0 Å². The van der Waals surface area contributed by atoms with E-state index in [2.05, 4.69) is 18.7 Å². The van der Waals surface area contributed by atoms with Gasteiger partial charge < -0.3 is 9.80 Å². The monoisotopic (exact) mass is 288 g/mol. The minimum atomic E-state index is 0.0857. The largest absolute Gasteiger partial charge is 0.368 e. The van der Waals surface area contributed by atoms with Gasteiger partial charge in [-0.3, -0.25) is 9.59 Å². The first-order valence-corrected chi connectivity index (χ1v) is 7.61. The first-order valence-electron chi connectivity index (χ1n) is 7.61. The Labute approximate surface area is 126 Å².